The van der Waals surface area contributed by atoms with Gasteiger partial charge in [0.25, 0.3) is 0 Å². The number of aromatic hydroxyl groups is 1. The molecule has 0 saturated heterocycles. The van der Waals surface area contributed by atoms with Crippen molar-refractivity contribution in [3.05, 3.63) is 102 Å². The van der Waals surface area contributed by atoms with Gasteiger partial charge < -0.3 is 37.6 Å². The molecule has 0 aliphatic carbocycles. The molecule has 0 aliphatic rings. The number of aliphatic carboxylic acids is 1. The van der Waals surface area contributed by atoms with Crippen molar-refractivity contribution < 1.29 is 34.2 Å². The van der Waals surface area contributed by atoms with Gasteiger partial charge in [0.2, 0.25) is 23.6 Å². The van der Waals surface area contributed by atoms with E-state index in [4.69, 9.17) is 11.5 Å². The van der Waals surface area contributed by atoms with Gasteiger partial charge >= 0.3 is 5.97 Å². The number of carbonyl (C=O) groups is 5. The van der Waals surface area contributed by atoms with Crippen molar-refractivity contribution >= 4 is 29.6 Å². The van der Waals surface area contributed by atoms with Gasteiger partial charge in [-0.25, -0.2) is 4.79 Å². The van der Waals surface area contributed by atoms with Gasteiger partial charge in [-0.2, -0.15) is 0 Å². The fourth-order valence-corrected chi connectivity index (χ4v) is 4.44. The van der Waals surface area contributed by atoms with Crippen LogP contribution in [-0.2, 0) is 43.2 Å². The molecule has 0 heterocycles. The smallest absolute Gasteiger partial charge is 0.326 e. The summed E-state index contributed by atoms with van der Waals surface area (Å²) in [5, 5.41) is 27.3. The molecule has 44 heavy (non-hydrogen) atoms. The zero-order valence-corrected chi connectivity index (χ0v) is 24.0. The van der Waals surface area contributed by atoms with Crippen LogP contribution in [0.25, 0.3) is 0 Å². The van der Waals surface area contributed by atoms with Crippen LogP contribution in [0.1, 0.15) is 29.5 Å². The van der Waals surface area contributed by atoms with Crippen molar-refractivity contribution in [3.8, 4) is 5.75 Å². The number of phenols is 1. The van der Waals surface area contributed by atoms with Crippen molar-refractivity contribution in [3.63, 3.8) is 0 Å². The number of carbonyl (C=O) groups excluding carboxylic acids is 4. The topological polar surface area (TPSA) is 214 Å². The molecular weight excluding hydrogens is 566 g/mol. The SMILES string of the molecule is NC(=O)CCC(N)C(=O)NC(Cc1ccc(O)cc1)C(=O)NC(Cc1ccccc1)C(=O)NC(Cc1ccccc1)C(=O)O. The number of carboxylic acid groups (broad SMARTS) is 1. The predicted molar refractivity (Wildman–Crippen MR) is 162 cm³/mol. The zero-order chi connectivity index (χ0) is 32.1. The Kier molecular flexibility index (Phi) is 12.4. The van der Waals surface area contributed by atoms with E-state index in [0.717, 1.165) is 0 Å². The second kappa shape index (κ2) is 16.4. The summed E-state index contributed by atoms with van der Waals surface area (Å²) in [5.74, 6) is -4.01. The van der Waals surface area contributed by atoms with Crippen LogP contribution in [0.3, 0.4) is 0 Å². The first-order chi connectivity index (χ1) is 21.0. The molecule has 0 aromatic heterocycles. The maximum absolute atomic E-state index is 13.7. The molecule has 12 nitrogen and oxygen atoms in total. The fraction of sp³-hybridized carbons (Fsp3) is 0.281. The van der Waals surface area contributed by atoms with Crippen LogP contribution in [0.2, 0.25) is 0 Å². The molecule has 4 amide bonds. The van der Waals surface area contributed by atoms with E-state index in [2.05, 4.69) is 16.0 Å². The Balaban J connectivity index is 1.84. The van der Waals surface area contributed by atoms with Gasteiger partial charge in [-0.15, -0.1) is 0 Å². The molecule has 232 valence electrons. The van der Waals surface area contributed by atoms with Crippen molar-refractivity contribution in [2.45, 2.75) is 56.3 Å². The summed E-state index contributed by atoms with van der Waals surface area (Å²) in [6.45, 7) is 0. The van der Waals surface area contributed by atoms with Crippen molar-refractivity contribution in [1.82, 2.24) is 16.0 Å². The Hall–Kier alpha value is -5.23. The largest absolute Gasteiger partial charge is 0.508 e. The number of phenolic OH excluding ortho intramolecular Hbond substituents is 1. The minimum absolute atomic E-state index is 0.00958. The fourth-order valence-electron chi connectivity index (χ4n) is 4.44. The van der Waals surface area contributed by atoms with Crippen LogP contribution in [0.5, 0.6) is 5.75 Å². The molecule has 0 fully saturated rings. The highest BCUT2D eigenvalue weighted by atomic mass is 16.4. The van der Waals surface area contributed by atoms with Gasteiger partial charge in [0.15, 0.2) is 0 Å². The normalized spacial score (nSPS) is 13.5. The predicted octanol–water partition coefficient (Wildman–Crippen LogP) is 0.552. The summed E-state index contributed by atoms with van der Waals surface area (Å²) in [6, 6.07) is 18.8. The average molecular weight is 604 g/mol. The monoisotopic (exact) mass is 603 g/mol. The maximum Gasteiger partial charge on any atom is 0.326 e. The van der Waals surface area contributed by atoms with Crippen LogP contribution in [0.4, 0.5) is 0 Å². The third kappa shape index (κ3) is 10.9. The third-order valence-electron chi connectivity index (χ3n) is 6.86. The molecule has 0 saturated carbocycles. The van der Waals surface area contributed by atoms with Gasteiger partial charge in [0, 0.05) is 25.7 Å². The highest BCUT2D eigenvalue weighted by Gasteiger charge is 2.31. The lowest BCUT2D eigenvalue weighted by Crippen LogP contribution is -2.58. The molecule has 3 rings (SSSR count). The van der Waals surface area contributed by atoms with Gasteiger partial charge in [0.1, 0.15) is 23.9 Å². The quantitative estimate of drug-likeness (QED) is 0.122. The van der Waals surface area contributed by atoms with E-state index in [-0.39, 0.29) is 37.9 Å². The van der Waals surface area contributed by atoms with E-state index in [1.54, 1.807) is 72.8 Å². The van der Waals surface area contributed by atoms with E-state index >= 15 is 0 Å². The minimum Gasteiger partial charge on any atom is -0.508 e. The molecular formula is C32H37N5O7. The number of rotatable bonds is 16. The Morgan fingerprint density at radius 1 is 0.614 bits per heavy atom. The van der Waals surface area contributed by atoms with Crippen molar-refractivity contribution in [2.24, 2.45) is 11.5 Å². The Morgan fingerprint density at radius 2 is 1.02 bits per heavy atom. The first-order valence-electron chi connectivity index (χ1n) is 14.1. The molecule has 12 heteroatoms. The number of primary amides is 1. The number of hydrogen-bond donors (Lipinski definition) is 7. The number of carboxylic acids is 1. The summed E-state index contributed by atoms with van der Waals surface area (Å²) in [6.07, 6.45) is -0.126. The standard InChI is InChI=1S/C32H37N5O7/c33-24(15-16-28(34)39)29(40)35-25(18-22-11-13-23(38)14-12-22)30(41)36-26(17-20-7-3-1-4-8-20)31(42)37-27(32(43)44)19-21-9-5-2-6-10-21/h1-14,24-27,38H,15-19,33H2,(H2,34,39)(H,35,40)(H,36,41)(H,37,42)(H,43,44). The molecule has 9 N–H and O–H groups in total. The van der Waals surface area contributed by atoms with E-state index in [0.29, 0.717) is 16.7 Å². The van der Waals surface area contributed by atoms with E-state index in [9.17, 15) is 34.2 Å². The van der Waals surface area contributed by atoms with E-state index < -0.39 is 53.8 Å². The lowest BCUT2D eigenvalue weighted by Gasteiger charge is -2.25. The summed E-state index contributed by atoms with van der Waals surface area (Å²) in [4.78, 5) is 63.3. The second-order valence-corrected chi connectivity index (χ2v) is 10.4. The van der Waals surface area contributed by atoms with Crippen LogP contribution in [0, 0.1) is 0 Å². The van der Waals surface area contributed by atoms with Crippen molar-refractivity contribution in [1.29, 1.82) is 0 Å². The van der Waals surface area contributed by atoms with Gasteiger partial charge in [-0.05, 0) is 35.2 Å². The Bertz CT molecular complexity index is 1420. The summed E-state index contributed by atoms with van der Waals surface area (Å²) in [5.41, 5.74) is 13.1. The number of hydrogen-bond acceptors (Lipinski definition) is 7. The minimum atomic E-state index is -1.27. The average Bonchev–Trinajstić information content (AvgIpc) is 3.00. The van der Waals surface area contributed by atoms with E-state index in [1.807, 2.05) is 0 Å². The lowest BCUT2D eigenvalue weighted by atomic mass is 10.0. The van der Waals surface area contributed by atoms with Gasteiger partial charge in [0.05, 0.1) is 6.04 Å². The maximum atomic E-state index is 13.7. The molecule has 0 spiro atoms. The Labute approximate surface area is 254 Å². The molecule has 0 bridgehead atoms. The summed E-state index contributed by atoms with van der Waals surface area (Å²) < 4.78 is 0. The van der Waals surface area contributed by atoms with E-state index in [1.165, 1.54) is 12.1 Å². The first kappa shape index (κ1) is 33.3. The number of benzene rings is 3. The number of amides is 4. The molecule has 4 unspecified atom stereocenters. The van der Waals surface area contributed by atoms with Crippen molar-refractivity contribution in [2.75, 3.05) is 0 Å². The van der Waals surface area contributed by atoms with Gasteiger partial charge in [-0.3, -0.25) is 19.2 Å². The van der Waals surface area contributed by atoms with Crippen LogP contribution >= 0.6 is 0 Å². The molecule has 3 aromatic rings. The number of nitrogens with two attached hydrogens (primary N) is 2. The molecule has 0 radical (unpaired) electrons. The summed E-state index contributed by atoms with van der Waals surface area (Å²) in [7, 11) is 0. The Morgan fingerprint density at radius 3 is 1.48 bits per heavy atom. The van der Waals surface area contributed by atoms with Crippen LogP contribution in [0.15, 0.2) is 84.9 Å². The highest BCUT2D eigenvalue weighted by Crippen LogP contribution is 2.13. The van der Waals surface area contributed by atoms with Gasteiger partial charge in [-0.1, -0.05) is 72.8 Å². The first-order valence-corrected chi connectivity index (χ1v) is 14.1. The second-order valence-electron chi connectivity index (χ2n) is 10.4. The summed E-state index contributed by atoms with van der Waals surface area (Å²) >= 11 is 0. The molecule has 3 aromatic carbocycles. The van der Waals surface area contributed by atoms with Crippen LogP contribution < -0.4 is 27.4 Å². The molecule has 4 atom stereocenters. The zero-order valence-electron chi connectivity index (χ0n) is 24.0. The highest BCUT2D eigenvalue weighted by molar-refractivity contribution is 5.94. The lowest BCUT2D eigenvalue weighted by molar-refractivity contribution is -0.142. The number of nitrogens with one attached hydrogen (secondary N) is 3. The van der Waals surface area contributed by atoms with Crippen LogP contribution in [-0.4, -0.2) is 64.0 Å². The third-order valence-corrected chi connectivity index (χ3v) is 6.86. The molecule has 0 aliphatic heterocycles.